The van der Waals surface area contributed by atoms with E-state index in [1.807, 2.05) is 24.3 Å². The lowest BCUT2D eigenvalue weighted by molar-refractivity contribution is 0.362. The third-order valence-electron chi connectivity index (χ3n) is 3.78. The molecule has 0 bridgehead atoms. The summed E-state index contributed by atoms with van der Waals surface area (Å²) in [7, 11) is 0. The van der Waals surface area contributed by atoms with Crippen LogP contribution in [0.5, 0.6) is 5.75 Å². The van der Waals surface area contributed by atoms with Gasteiger partial charge in [0.05, 0.1) is 0 Å². The lowest BCUT2D eigenvalue weighted by Crippen LogP contribution is -2.17. The molecule has 0 aromatic heterocycles. The highest BCUT2D eigenvalue weighted by atomic mass is 16.5. The van der Waals surface area contributed by atoms with Gasteiger partial charge in [-0.15, -0.1) is 0 Å². The first-order chi connectivity index (χ1) is 9.40. The summed E-state index contributed by atoms with van der Waals surface area (Å²) in [4.78, 5) is 0. The monoisotopic (exact) mass is 258 g/mol. The van der Waals surface area contributed by atoms with E-state index >= 15 is 0 Å². The van der Waals surface area contributed by atoms with Crippen molar-refractivity contribution < 1.29 is 4.74 Å². The highest BCUT2D eigenvalue weighted by molar-refractivity contribution is 5.33. The quantitative estimate of drug-likeness (QED) is 0.763. The summed E-state index contributed by atoms with van der Waals surface area (Å²) in [5, 5.41) is 12.0. The van der Waals surface area contributed by atoms with Gasteiger partial charge in [-0.1, -0.05) is 43.9 Å². The van der Waals surface area contributed by atoms with Crippen LogP contribution in [0.25, 0.3) is 0 Å². The van der Waals surface area contributed by atoms with Crippen molar-refractivity contribution in [2.45, 2.75) is 38.6 Å². The standard InChI is InChI=1S/C16H22N2O/c17-10-12-19-16-8-4-3-7-15(16)13-18-11-9-14-5-1-2-6-14/h3-4,7-8,14,18H,1-2,5-6,9,11-13H2. The Morgan fingerprint density at radius 3 is 2.84 bits per heavy atom. The first-order valence-corrected chi connectivity index (χ1v) is 7.18. The molecule has 1 aliphatic rings. The normalized spacial score (nSPS) is 15.3. The Labute approximate surface area is 115 Å². The molecule has 0 heterocycles. The van der Waals surface area contributed by atoms with Crippen LogP contribution in [0.4, 0.5) is 0 Å². The van der Waals surface area contributed by atoms with Crippen molar-refractivity contribution in [1.29, 1.82) is 5.26 Å². The lowest BCUT2D eigenvalue weighted by atomic mass is 10.0. The molecule has 0 radical (unpaired) electrons. The topological polar surface area (TPSA) is 45.0 Å². The second-order valence-electron chi connectivity index (χ2n) is 5.17. The average Bonchev–Trinajstić information content (AvgIpc) is 2.95. The minimum absolute atomic E-state index is 0.110. The molecule has 1 saturated carbocycles. The number of nitrogens with zero attached hydrogens (tertiary/aromatic N) is 1. The SMILES string of the molecule is N#CCOc1ccccc1CNCCC1CCCC1. The molecule has 3 nitrogen and oxygen atoms in total. The molecule has 0 aliphatic heterocycles. The van der Waals surface area contributed by atoms with E-state index in [0.29, 0.717) is 0 Å². The maximum atomic E-state index is 8.56. The number of nitrogens with one attached hydrogen (secondary N) is 1. The number of benzene rings is 1. The van der Waals surface area contributed by atoms with Gasteiger partial charge in [-0.2, -0.15) is 5.26 Å². The summed E-state index contributed by atoms with van der Waals surface area (Å²) in [5.74, 6) is 1.75. The molecular weight excluding hydrogens is 236 g/mol. The lowest BCUT2D eigenvalue weighted by Gasteiger charge is -2.12. The summed E-state index contributed by atoms with van der Waals surface area (Å²) in [6.07, 6.45) is 6.92. The Morgan fingerprint density at radius 1 is 1.26 bits per heavy atom. The van der Waals surface area contributed by atoms with E-state index < -0.39 is 0 Å². The molecule has 3 heteroatoms. The predicted octanol–water partition coefficient (Wildman–Crippen LogP) is 3.26. The van der Waals surface area contributed by atoms with Gasteiger partial charge in [-0.3, -0.25) is 0 Å². The Kier molecular flexibility index (Phi) is 5.71. The zero-order chi connectivity index (χ0) is 13.3. The molecule has 0 spiro atoms. The van der Waals surface area contributed by atoms with Gasteiger partial charge in [0.25, 0.3) is 0 Å². The van der Waals surface area contributed by atoms with Crippen LogP contribution in [0.2, 0.25) is 0 Å². The zero-order valence-corrected chi connectivity index (χ0v) is 11.4. The van der Waals surface area contributed by atoms with Crippen LogP contribution >= 0.6 is 0 Å². The fraction of sp³-hybridized carbons (Fsp3) is 0.562. The molecule has 0 unspecified atom stereocenters. The molecule has 0 amide bonds. The van der Waals surface area contributed by atoms with Crippen LogP contribution in [0.15, 0.2) is 24.3 Å². The molecule has 0 saturated heterocycles. The largest absolute Gasteiger partial charge is 0.478 e. The molecule has 1 fully saturated rings. The van der Waals surface area contributed by atoms with Crippen molar-refractivity contribution in [3.63, 3.8) is 0 Å². The molecule has 102 valence electrons. The van der Waals surface area contributed by atoms with Gasteiger partial charge < -0.3 is 10.1 Å². The van der Waals surface area contributed by atoms with Gasteiger partial charge >= 0.3 is 0 Å². The first kappa shape index (κ1) is 13.9. The smallest absolute Gasteiger partial charge is 0.174 e. The molecule has 2 rings (SSSR count). The van der Waals surface area contributed by atoms with Crippen LogP contribution in [0, 0.1) is 17.2 Å². The summed E-state index contributed by atoms with van der Waals surface area (Å²) in [5.41, 5.74) is 1.13. The fourth-order valence-electron chi connectivity index (χ4n) is 2.73. The molecule has 1 N–H and O–H groups in total. The van der Waals surface area contributed by atoms with Gasteiger partial charge in [0.1, 0.15) is 11.8 Å². The fourth-order valence-corrected chi connectivity index (χ4v) is 2.73. The number of nitriles is 1. The number of ether oxygens (including phenoxy) is 1. The van der Waals surface area contributed by atoms with Crippen molar-refractivity contribution in [3.8, 4) is 11.8 Å². The third kappa shape index (κ3) is 4.57. The van der Waals surface area contributed by atoms with Crippen LogP contribution < -0.4 is 10.1 Å². The van der Waals surface area contributed by atoms with Gasteiger partial charge in [-0.05, 0) is 24.9 Å². The van der Waals surface area contributed by atoms with E-state index in [4.69, 9.17) is 10.00 Å². The number of hydrogen-bond acceptors (Lipinski definition) is 3. The van der Waals surface area contributed by atoms with Crippen LogP contribution in [0.1, 0.15) is 37.7 Å². The van der Waals surface area contributed by atoms with Crippen LogP contribution in [-0.4, -0.2) is 13.2 Å². The van der Waals surface area contributed by atoms with E-state index in [1.54, 1.807) is 0 Å². The molecule has 1 aliphatic carbocycles. The second kappa shape index (κ2) is 7.81. The van der Waals surface area contributed by atoms with Crippen molar-refractivity contribution in [2.24, 2.45) is 5.92 Å². The molecule has 1 aromatic carbocycles. The van der Waals surface area contributed by atoms with Gasteiger partial charge in [0, 0.05) is 12.1 Å². The maximum Gasteiger partial charge on any atom is 0.174 e. The van der Waals surface area contributed by atoms with Gasteiger partial charge in [0.15, 0.2) is 6.61 Å². The molecule has 0 atom stereocenters. The Hall–Kier alpha value is -1.53. The zero-order valence-electron chi connectivity index (χ0n) is 11.4. The summed E-state index contributed by atoms with van der Waals surface area (Å²) >= 11 is 0. The number of para-hydroxylation sites is 1. The van der Waals surface area contributed by atoms with Gasteiger partial charge in [0.2, 0.25) is 0 Å². The van der Waals surface area contributed by atoms with E-state index in [1.165, 1.54) is 32.1 Å². The third-order valence-corrected chi connectivity index (χ3v) is 3.78. The highest BCUT2D eigenvalue weighted by Crippen LogP contribution is 2.27. The summed E-state index contributed by atoms with van der Waals surface area (Å²) < 4.78 is 5.42. The second-order valence-corrected chi connectivity index (χ2v) is 5.17. The van der Waals surface area contributed by atoms with Crippen molar-refractivity contribution in [1.82, 2.24) is 5.32 Å². The highest BCUT2D eigenvalue weighted by Gasteiger charge is 2.14. The Balaban J connectivity index is 1.73. The van der Waals surface area contributed by atoms with E-state index in [-0.39, 0.29) is 6.61 Å². The number of rotatable bonds is 7. The Bertz CT molecular complexity index is 419. The average molecular weight is 258 g/mol. The molecular formula is C16H22N2O. The predicted molar refractivity (Wildman–Crippen MR) is 75.8 cm³/mol. The maximum absolute atomic E-state index is 8.56. The van der Waals surface area contributed by atoms with Crippen LogP contribution in [-0.2, 0) is 6.54 Å². The summed E-state index contributed by atoms with van der Waals surface area (Å²) in [6.45, 7) is 1.99. The van der Waals surface area contributed by atoms with Gasteiger partial charge in [-0.25, -0.2) is 0 Å². The van der Waals surface area contributed by atoms with Crippen molar-refractivity contribution >= 4 is 0 Å². The molecule has 19 heavy (non-hydrogen) atoms. The van der Waals surface area contributed by atoms with Crippen molar-refractivity contribution in [3.05, 3.63) is 29.8 Å². The minimum atomic E-state index is 0.110. The first-order valence-electron chi connectivity index (χ1n) is 7.18. The number of hydrogen-bond donors (Lipinski definition) is 1. The van der Waals surface area contributed by atoms with E-state index in [9.17, 15) is 0 Å². The van der Waals surface area contributed by atoms with Crippen molar-refractivity contribution in [2.75, 3.05) is 13.2 Å². The van der Waals surface area contributed by atoms with Crippen LogP contribution in [0.3, 0.4) is 0 Å². The van der Waals surface area contributed by atoms with E-state index in [0.717, 1.165) is 30.3 Å². The van der Waals surface area contributed by atoms with E-state index in [2.05, 4.69) is 11.4 Å². The Morgan fingerprint density at radius 2 is 2.05 bits per heavy atom. The molecule has 1 aromatic rings. The minimum Gasteiger partial charge on any atom is -0.478 e. The summed E-state index contributed by atoms with van der Waals surface area (Å²) in [6, 6.07) is 9.92.